The van der Waals surface area contributed by atoms with Gasteiger partial charge in [-0.3, -0.25) is 0 Å². The Labute approximate surface area is 228 Å². The fraction of sp³-hybridized carbons (Fsp3) is 0.474. The Hall–Kier alpha value is -2.60. The van der Waals surface area contributed by atoms with Gasteiger partial charge in [-0.25, -0.2) is 0 Å². The Kier molecular flexibility index (Phi) is 4.89. The summed E-state index contributed by atoms with van der Waals surface area (Å²) in [6, 6.07) is 19.8. The SMILES string of the molecule is Cc1ccc2c3c(ccc2c1-c1c(C)ccc2c4c(ccc12)C1CCC[C@@]1(C)CC4)C1CCC[C@@]1(C)CC3. The number of fused-ring (bicyclic) bond motifs is 10. The van der Waals surface area contributed by atoms with Crippen molar-refractivity contribution < 1.29 is 0 Å². The van der Waals surface area contributed by atoms with Crippen LogP contribution in [0.25, 0.3) is 32.7 Å². The maximum atomic E-state index is 2.56. The Morgan fingerprint density at radius 3 is 1.39 bits per heavy atom. The molecule has 0 N–H and O–H groups in total. The van der Waals surface area contributed by atoms with E-state index in [1.165, 1.54) is 108 Å². The second kappa shape index (κ2) is 7.97. The number of benzene rings is 4. The van der Waals surface area contributed by atoms with Gasteiger partial charge in [-0.15, -0.1) is 0 Å². The van der Waals surface area contributed by atoms with Gasteiger partial charge in [0, 0.05) is 0 Å². The molecule has 2 saturated carbocycles. The summed E-state index contributed by atoms with van der Waals surface area (Å²) >= 11 is 0. The van der Waals surface area contributed by atoms with Crippen LogP contribution in [0, 0.1) is 24.7 Å². The molecule has 0 aliphatic heterocycles. The molecular formula is C38H42. The van der Waals surface area contributed by atoms with Crippen molar-refractivity contribution in [3.8, 4) is 11.1 Å². The highest BCUT2D eigenvalue weighted by atomic mass is 14.5. The first-order valence-electron chi connectivity index (χ1n) is 15.5. The first-order valence-corrected chi connectivity index (χ1v) is 15.5. The molecule has 8 rings (SSSR count). The van der Waals surface area contributed by atoms with Gasteiger partial charge in [0.2, 0.25) is 0 Å². The highest BCUT2D eigenvalue weighted by molar-refractivity contribution is 6.09. The average Bonchev–Trinajstić information content (AvgIpc) is 3.51. The van der Waals surface area contributed by atoms with E-state index in [0.29, 0.717) is 10.8 Å². The summed E-state index contributed by atoms with van der Waals surface area (Å²) in [5.74, 6) is 1.51. The lowest BCUT2D eigenvalue weighted by molar-refractivity contribution is 0.253. The summed E-state index contributed by atoms with van der Waals surface area (Å²) in [5.41, 5.74) is 13.5. The molecular weight excluding hydrogens is 456 g/mol. The molecule has 0 bridgehead atoms. The molecule has 0 radical (unpaired) electrons. The molecule has 4 aromatic rings. The molecule has 4 aliphatic carbocycles. The molecule has 2 fully saturated rings. The zero-order chi connectivity index (χ0) is 25.8. The molecule has 0 nitrogen and oxygen atoms in total. The molecule has 4 atom stereocenters. The van der Waals surface area contributed by atoms with Crippen LogP contribution in [-0.4, -0.2) is 0 Å². The third-order valence-electron chi connectivity index (χ3n) is 12.2. The van der Waals surface area contributed by atoms with Crippen molar-refractivity contribution in [3.63, 3.8) is 0 Å². The molecule has 4 aliphatic rings. The standard InChI is InChI=1S/C38H42/c1-23-9-11-25-27-17-21-37(3)19-5-7-33(37)29(27)13-15-31(25)35(23)36-24(2)10-12-26-28-18-22-38(4)20-6-8-34(38)30(28)14-16-32(26)36/h9-16,33-34H,5-8,17-22H2,1-4H3/t33?,34?,37-,38-/m0/s1. The molecule has 0 saturated heterocycles. The van der Waals surface area contributed by atoms with Gasteiger partial charge in [-0.2, -0.15) is 0 Å². The van der Waals surface area contributed by atoms with Gasteiger partial charge in [-0.1, -0.05) is 75.2 Å². The maximum absolute atomic E-state index is 2.56. The largest absolute Gasteiger partial charge is 0.0590 e. The second-order valence-electron chi connectivity index (χ2n) is 14.2. The minimum atomic E-state index is 0.523. The summed E-state index contributed by atoms with van der Waals surface area (Å²) in [4.78, 5) is 0. The van der Waals surface area contributed by atoms with E-state index in [-0.39, 0.29) is 0 Å². The lowest BCUT2D eigenvalue weighted by Gasteiger charge is -2.39. The predicted molar refractivity (Wildman–Crippen MR) is 162 cm³/mol. The van der Waals surface area contributed by atoms with Crippen LogP contribution < -0.4 is 0 Å². The number of hydrogen-bond acceptors (Lipinski definition) is 0. The molecule has 2 unspecified atom stereocenters. The van der Waals surface area contributed by atoms with Crippen molar-refractivity contribution in [3.05, 3.63) is 81.9 Å². The Morgan fingerprint density at radius 1 is 0.526 bits per heavy atom. The van der Waals surface area contributed by atoms with Crippen LogP contribution in [0.1, 0.15) is 110 Å². The molecule has 0 amide bonds. The van der Waals surface area contributed by atoms with E-state index >= 15 is 0 Å². The van der Waals surface area contributed by atoms with E-state index in [1.54, 1.807) is 22.3 Å². The van der Waals surface area contributed by atoms with Gasteiger partial charge < -0.3 is 0 Å². The van der Waals surface area contributed by atoms with Crippen molar-refractivity contribution in [2.75, 3.05) is 0 Å². The van der Waals surface area contributed by atoms with E-state index in [2.05, 4.69) is 76.2 Å². The minimum Gasteiger partial charge on any atom is -0.0590 e. The topological polar surface area (TPSA) is 0 Å². The summed E-state index contributed by atoms with van der Waals surface area (Å²) < 4.78 is 0. The molecule has 0 heterocycles. The summed E-state index contributed by atoms with van der Waals surface area (Å²) in [6.45, 7) is 9.80. The second-order valence-corrected chi connectivity index (χ2v) is 14.2. The first-order chi connectivity index (χ1) is 18.4. The first kappa shape index (κ1) is 23.3. The Bertz CT molecular complexity index is 1510. The fourth-order valence-electron chi connectivity index (χ4n) is 10.0. The smallest absolute Gasteiger partial charge is 0.00671 e. The summed E-state index contributed by atoms with van der Waals surface area (Å²) in [5, 5.41) is 5.99. The van der Waals surface area contributed by atoms with Gasteiger partial charge in [-0.05, 0) is 154 Å². The van der Waals surface area contributed by atoms with Crippen molar-refractivity contribution in [1.82, 2.24) is 0 Å². The number of rotatable bonds is 1. The normalized spacial score (nSPS) is 29.8. The van der Waals surface area contributed by atoms with Crippen molar-refractivity contribution in [2.24, 2.45) is 10.8 Å². The van der Waals surface area contributed by atoms with E-state index in [4.69, 9.17) is 0 Å². The third kappa shape index (κ3) is 3.04. The molecule has 0 spiro atoms. The van der Waals surface area contributed by atoms with Gasteiger partial charge >= 0.3 is 0 Å². The van der Waals surface area contributed by atoms with E-state index < -0.39 is 0 Å². The van der Waals surface area contributed by atoms with Crippen LogP contribution in [-0.2, 0) is 12.8 Å². The summed E-state index contributed by atoms with van der Waals surface area (Å²) in [6.07, 6.45) is 13.6. The zero-order valence-corrected chi connectivity index (χ0v) is 23.8. The molecule has 0 aromatic heterocycles. The number of aryl methyl sites for hydroxylation is 4. The van der Waals surface area contributed by atoms with Gasteiger partial charge in [0.1, 0.15) is 0 Å². The molecule has 38 heavy (non-hydrogen) atoms. The van der Waals surface area contributed by atoms with Crippen molar-refractivity contribution in [2.45, 2.75) is 104 Å². The lowest BCUT2D eigenvalue weighted by atomic mass is 9.66. The highest BCUT2D eigenvalue weighted by Crippen LogP contribution is 2.58. The average molecular weight is 499 g/mol. The molecule has 0 heteroatoms. The van der Waals surface area contributed by atoms with Crippen LogP contribution >= 0.6 is 0 Å². The Morgan fingerprint density at radius 2 is 0.947 bits per heavy atom. The van der Waals surface area contributed by atoms with E-state index in [1.807, 2.05) is 0 Å². The quantitative estimate of drug-likeness (QED) is 0.245. The van der Waals surface area contributed by atoms with Crippen LogP contribution in [0.15, 0.2) is 48.5 Å². The Balaban J connectivity index is 1.36. The van der Waals surface area contributed by atoms with Gasteiger partial charge in [0.25, 0.3) is 0 Å². The van der Waals surface area contributed by atoms with Crippen LogP contribution in [0.2, 0.25) is 0 Å². The lowest BCUT2D eigenvalue weighted by Crippen LogP contribution is -2.26. The summed E-state index contributed by atoms with van der Waals surface area (Å²) in [7, 11) is 0. The van der Waals surface area contributed by atoms with Crippen molar-refractivity contribution >= 4 is 21.5 Å². The van der Waals surface area contributed by atoms with E-state index in [9.17, 15) is 0 Å². The van der Waals surface area contributed by atoms with Gasteiger partial charge in [0.05, 0.1) is 0 Å². The van der Waals surface area contributed by atoms with Crippen LogP contribution in [0.5, 0.6) is 0 Å². The minimum absolute atomic E-state index is 0.523. The van der Waals surface area contributed by atoms with Crippen molar-refractivity contribution in [1.29, 1.82) is 0 Å². The van der Waals surface area contributed by atoms with Crippen LogP contribution in [0.4, 0.5) is 0 Å². The fourth-order valence-corrected chi connectivity index (χ4v) is 10.0. The maximum Gasteiger partial charge on any atom is -0.00671 e. The number of hydrogen-bond donors (Lipinski definition) is 0. The van der Waals surface area contributed by atoms with E-state index in [0.717, 1.165) is 11.8 Å². The van der Waals surface area contributed by atoms with Crippen LogP contribution in [0.3, 0.4) is 0 Å². The zero-order valence-electron chi connectivity index (χ0n) is 23.8. The highest BCUT2D eigenvalue weighted by Gasteiger charge is 2.44. The monoisotopic (exact) mass is 498 g/mol. The molecule has 194 valence electrons. The third-order valence-corrected chi connectivity index (χ3v) is 12.2. The van der Waals surface area contributed by atoms with Gasteiger partial charge in [0.15, 0.2) is 0 Å². The predicted octanol–water partition coefficient (Wildman–Crippen LogP) is 10.7. The molecule has 4 aromatic carbocycles.